The van der Waals surface area contributed by atoms with Gasteiger partial charge in [0.1, 0.15) is 11.9 Å². The average molecular weight is 456 g/mol. The maximum atomic E-state index is 6.30. The van der Waals surface area contributed by atoms with Crippen LogP contribution in [0.3, 0.4) is 0 Å². The van der Waals surface area contributed by atoms with E-state index in [4.69, 9.17) is 4.74 Å². The molecule has 1 aromatic heterocycles. The molecule has 3 aromatic rings. The lowest BCUT2D eigenvalue weighted by molar-refractivity contribution is 0.0202. The number of nitrogens with one attached hydrogen (secondary N) is 1. The van der Waals surface area contributed by atoms with Crippen molar-refractivity contribution in [2.45, 2.75) is 70.2 Å². The zero-order valence-corrected chi connectivity index (χ0v) is 20.5. The minimum Gasteiger partial charge on any atom is -0.488 e. The van der Waals surface area contributed by atoms with Crippen LogP contribution in [0.4, 0.5) is 0 Å². The molecule has 0 radical (unpaired) electrons. The lowest BCUT2D eigenvalue weighted by atomic mass is 9.82. The van der Waals surface area contributed by atoms with E-state index in [1.807, 2.05) is 0 Å². The molecule has 1 saturated heterocycles. The normalized spacial score (nSPS) is 31.3. The summed E-state index contributed by atoms with van der Waals surface area (Å²) in [6.45, 7) is 8.02. The van der Waals surface area contributed by atoms with Gasteiger partial charge in [-0.05, 0) is 86.7 Å². The third kappa shape index (κ3) is 3.33. The van der Waals surface area contributed by atoms with Gasteiger partial charge in [0.05, 0.1) is 6.04 Å². The summed E-state index contributed by atoms with van der Waals surface area (Å²) in [6, 6.07) is 19.5. The van der Waals surface area contributed by atoms with Crippen LogP contribution in [0.2, 0.25) is 0 Å². The highest BCUT2D eigenvalue weighted by atomic mass is 16.5. The Balaban J connectivity index is 1.21. The lowest BCUT2D eigenvalue weighted by Crippen LogP contribution is -2.53. The number of para-hydroxylation sites is 1. The highest BCUT2D eigenvalue weighted by Gasteiger charge is 2.51. The molecule has 178 valence electrons. The molecule has 0 unspecified atom stereocenters. The summed E-state index contributed by atoms with van der Waals surface area (Å²) in [4.78, 5) is 9.24. The number of rotatable bonds is 6. The van der Waals surface area contributed by atoms with E-state index in [0.717, 1.165) is 43.1 Å². The van der Waals surface area contributed by atoms with Crippen LogP contribution in [0, 0.1) is 11.8 Å². The summed E-state index contributed by atoms with van der Waals surface area (Å²) in [5.41, 5.74) is 5.63. The molecule has 0 amide bonds. The Bertz CT molecular complexity index is 1170. The summed E-state index contributed by atoms with van der Waals surface area (Å²) in [7, 11) is 0. The monoisotopic (exact) mass is 455 g/mol. The smallest absolute Gasteiger partial charge is 0.124 e. The molecule has 4 fully saturated rings. The van der Waals surface area contributed by atoms with Crippen LogP contribution in [0.1, 0.15) is 62.4 Å². The number of nitrogens with zero attached hydrogens (tertiary/aromatic N) is 2. The van der Waals surface area contributed by atoms with Gasteiger partial charge in [0.25, 0.3) is 0 Å². The third-order valence-electron chi connectivity index (χ3n) is 9.16. The highest BCUT2D eigenvalue weighted by molar-refractivity contribution is 5.85. The van der Waals surface area contributed by atoms with Crippen LogP contribution < -0.4 is 4.74 Å². The molecule has 2 aliphatic heterocycles. The molecular weight excluding hydrogens is 418 g/mol. The van der Waals surface area contributed by atoms with E-state index in [1.54, 1.807) is 0 Å². The van der Waals surface area contributed by atoms with Crippen molar-refractivity contribution in [1.29, 1.82) is 0 Å². The summed E-state index contributed by atoms with van der Waals surface area (Å²) in [6.07, 6.45) is 6.98. The van der Waals surface area contributed by atoms with Crippen LogP contribution in [0.15, 0.2) is 48.5 Å². The second-order valence-corrected chi connectivity index (χ2v) is 11.4. The predicted octanol–water partition coefficient (Wildman–Crippen LogP) is 5.78. The maximum absolute atomic E-state index is 6.30. The number of aromatic nitrogens is 1. The zero-order valence-electron chi connectivity index (χ0n) is 20.5. The van der Waals surface area contributed by atoms with Crippen molar-refractivity contribution in [3.63, 3.8) is 0 Å². The first kappa shape index (κ1) is 21.0. The standard InChI is InChI=1S/C30H37N3O/c1-3-12-32-17-24(18-32)34-23-10-8-21(9-11-23)30-29-26(25-6-4-5-7-27(25)31-29)13-19(2)33(30)28-16-20-14-22(28)15-20/h4-11,19-20,22,24,28,30-31H,3,12-18H2,1-2H3/t19-,20?,22?,28-,30-/m1/s1. The second-order valence-electron chi connectivity index (χ2n) is 11.4. The zero-order chi connectivity index (χ0) is 22.8. The van der Waals surface area contributed by atoms with Crippen molar-refractivity contribution >= 4 is 10.9 Å². The van der Waals surface area contributed by atoms with Gasteiger partial charge in [0, 0.05) is 41.8 Å². The molecule has 3 saturated carbocycles. The SMILES string of the molecule is CCCN1CC(Oc2ccc([C@@H]3c4[nH]c5ccccc5c4C[C@@H](C)N3[C@@H]3CC4CC3C4)cc2)C1. The van der Waals surface area contributed by atoms with Gasteiger partial charge in [-0.1, -0.05) is 37.3 Å². The molecule has 4 nitrogen and oxygen atoms in total. The Morgan fingerprint density at radius 1 is 1.00 bits per heavy atom. The van der Waals surface area contributed by atoms with Crippen molar-refractivity contribution < 1.29 is 4.74 Å². The number of aromatic amines is 1. The quantitative estimate of drug-likeness (QED) is 0.512. The third-order valence-corrected chi connectivity index (χ3v) is 9.16. The summed E-state index contributed by atoms with van der Waals surface area (Å²) < 4.78 is 6.30. The van der Waals surface area contributed by atoms with Gasteiger partial charge in [-0.3, -0.25) is 9.80 Å². The molecule has 3 aliphatic carbocycles. The number of hydrogen-bond acceptors (Lipinski definition) is 3. The van der Waals surface area contributed by atoms with Crippen LogP contribution in [0.25, 0.3) is 10.9 Å². The average Bonchev–Trinajstić information content (AvgIpc) is 3.50. The molecule has 3 heterocycles. The molecule has 2 aromatic carbocycles. The van der Waals surface area contributed by atoms with Gasteiger partial charge in [0.2, 0.25) is 0 Å². The van der Waals surface area contributed by atoms with E-state index in [-0.39, 0.29) is 0 Å². The number of H-pyrrole nitrogens is 1. The van der Waals surface area contributed by atoms with Crippen molar-refractivity contribution in [3.8, 4) is 5.75 Å². The summed E-state index contributed by atoms with van der Waals surface area (Å²) >= 11 is 0. The molecule has 8 rings (SSSR count). The first-order valence-corrected chi connectivity index (χ1v) is 13.5. The van der Waals surface area contributed by atoms with Gasteiger partial charge in [-0.15, -0.1) is 0 Å². The molecule has 34 heavy (non-hydrogen) atoms. The summed E-state index contributed by atoms with van der Waals surface area (Å²) in [5, 5.41) is 1.41. The Hall–Kier alpha value is -2.30. The van der Waals surface area contributed by atoms with E-state index in [2.05, 4.69) is 77.2 Å². The van der Waals surface area contributed by atoms with E-state index in [1.165, 1.54) is 60.0 Å². The Morgan fingerprint density at radius 3 is 2.53 bits per heavy atom. The Morgan fingerprint density at radius 2 is 1.79 bits per heavy atom. The van der Waals surface area contributed by atoms with Crippen molar-refractivity contribution in [2.24, 2.45) is 11.8 Å². The first-order chi connectivity index (χ1) is 16.7. The van der Waals surface area contributed by atoms with Crippen LogP contribution in [-0.4, -0.2) is 52.6 Å². The Kier molecular flexibility index (Phi) is 5.03. The van der Waals surface area contributed by atoms with Crippen molar-refractivity contribution in [2.75, 3.05) is 19.6 Å². The van der Waals surface area contributed by atoms with Gasteiger partial charge in [0.15, 0.2) is 0 Å². The van der Waals surface area contributed by atoms with Crippen LogP contribution in [0.5, 0.6) is 5.75 Å². The van der Waals surface area contributed by atoms with Crippen LogP contribution >= 0.6 is 0 Å². The van der Waals surface area contributed by atoms with Crippen molar-refractivity contribution in [3.05, 3.63) is 65.4 Å². The van der Waals surface area contributed by atoms with E-state index >= 15 is 0 Å². The number of benzene rings is 2. The fourth-order valence-corrected chi connectivity index (χ4v) is 7.55. The molecule has 2 bridgehead atoms. The minimum absolute atomic E-state index is 0.299. The van der Waals surface area contributed by atoms with Gasteiger partial charge < -0.3 is 9.72 Å². The predicted molar refractivity (Wildman–Crippen MR) is 137 cm³/mol. The number of hydrogen-bond donors (Lipinski definition) is 1. The molecule has 0 spiro atoms. The van der Waals surface area contributed by atoms with Gasteiger partial charge >= 0.3 is 0 Å². The van der Waals surface area contributed by atoms with Gasteiger partial charge in [-0.25, -0.2) is 0 Å². The number of ether oxygens (including phenoxy) is 1. The highest BCUT2D eigenvalue weighted by Crippen LogP contribution is 2.54. The molecule has 3 atom stereocenters. The fraction of sp³-hybridized carbons (Fsp3) is 0.533. The van der Waals surface area contributed by atoms with E-state index < -0.39 is 0 Å². The number of likely N-dealkylation sites (tertiary alicyclic amines) is 1. The molecule has 1 N–H and O–H groups in total. The Labute approximate surface area is 203 Å². The van der Waals surface area contributed by atoms with Crippen molar-refractivity contribution in [1.82, 2.24) is 14.8 Å². The summed E-state index contributed by atoms with van der Waals surface area (Å²) in [5.74, 6) is 2.88. The topological polar surface area (TPSA) is 31.5 Å². The molecule has 4 heteroatoms. The van der Waals surface area contributed by atoms with Gasteiger partial charge in [-0.2, -0.15) is 0 Å². The fourth-order valence-electron chi connectivity index (χ4n) is 7.55. The maximum Gasteiger partial charge on any atom is 0.124 e. The first-order valence-electron chi connectivity index (χ1n) is 13.5. The van der Waals surface area contributed by atoms with E-state index in [9.17, 15) is 0 Å². The number of fused-ring (bicyclic) bond motifs is 4. The molecule has 5 aliphatic rings. The second kappa shape index (κ2) is 8.13. The molecular formula is C30H37N3O. The van der Waals surface area contributed by atoms with E-state index in [0.29, 0.717) is 18.2 Å². The lowest BCUT2D eigenvalue weighted by Gasteiger charge is -2.46. The largest absolute Gasteiger partial charge is 0.488 e. The minimum atomic E-state index is 0.299. The van der Waals surface area contributed by atoms with Crippen LogP contribution in [-0.2, 0) is 6.42 Å².